The molecule has 0 radical (unpaired) electrons. The van der Waals surface area contributed by atoms with Gasteiger partial charge in [0.25, 0.3) is 0 Å². The summed E-state index contributed by atoms with van der Waals surface area (Å²) in [7, 11) is 1.43. The number of anilines is 1. The zero-order valence-electron chi connectivity index (χ0n) is 12.7. The number of ether oxygens (including phenoxy) is 1. The van der Waals surface area contributed by atoms with E-state index in [0.717, 1.165) is 24.9 Å². The molecule has 0 bridgehead atoms. The fourth-order valence-electron chi connectivity index (χ4n) is 2.81. The first-order chi connectivity index (χ1) is 10.7. The predicted molar refractivity (Wildman–Crippen MR) is 80.7 cm³/mol. The number of rotatable bonds is 4. The second-order valence-corrected chi connectivity index (χ2v) is 5.62. The van der Waals surface area contributed by atoms with Gasteiger partial charge in [-0.15, -0.1) is 0 Å². The molecule has 1 aliphatic rings. The first-order valence-electron chi connectivity index (χ1n) is 7.37. The van der Waals surface area contributed by atoms with Crippen molar-refractivity contribution < 1.29 is 9.53 Å². The first-order valence-corrected chi connectivity index (χ1v) is 7.37. The zero-order valence-corrected chi connectivity index (χ0v) is 12.7. The van der Waals surface area contributed by atoms with Crippen molar-refractivity contribution in [2.24, 2.45) is 5.92 Å². The van der Waals surface area contributed by atoms with Crippen LogP contribution < -0.4 is 5.32 Å². The lowest BCUT2D eigenvalue weighted by Crippen LogP contribution is -2.21. The number of hydrogen-bond donors (Lipinski definition) is 1. The lowest BCUT2D eigenvalue weighted by atomic mass is 10.1. The molecule has 7 heteroatoms. The number of nitrogens with zero attached hydrogens (tertiary/aromatic N) is 4. The Morgan fingerprint density at radius 3 is 2.82 bits per heavy atom. The van der Waals surface area contributed by atoms with Crippen molar-refractivity contribution in [1.82, 2.24) is 20.2 Å². The maximum atomic E-state index is 11.6. The van der Waals surface area contributed by atoms with Gasteiger partial charge in [0.2, 0.25) is 5.95 Å². The van der Waals surface area contributed by atoms with Gasteiger partial charge in [-0.3, -0.25) is 4.79 Å². The maximum Gasteiger partial charge on any atom is 0.308 e. The van der Waals surface area contributed by atoms with E-state index >= 15 is 0 Å². The number of methoxy groups -OCH3 is 1. The Morgan fingerprint density at radius 1 is 1.32 bits per heavy atom. The van der Waals surface area contributed by atoms with E-state index in [0.29, 0.717) is 5.95 Å². The predicted octanol–water partition coefficient (Wildman–Crippen LogP) is 1.72. The van der Waals surface area contributed by atoms with Crippen LogP contribution >= 0.6 is 0 Å². The largest absolute Gasteiger partial charge is 0.469 e. The number of carbonyl (C=O) groups is 1. The van der Waals surface area contributed by atoms with Crippen molar-refractivity contribution in [1.29, 1.82) is 0 Å². The average molecular weight is 301 g/mol. The third kappa shape index (κ3) is 2.93. The van der Waals surface area contributed by atoms with E-state index in [-0.39, 0.29) is 17.9 Å². The van der Waals surface area contributed by atoms with Gasteiger partial charge in [0.1, 0.15) is 0 Å². The summed E-state index contributed by atoms with van der Waals surface area (Å²) in [6.45, 7) is 2.04. The summed E-state index contributed by atoms with van der Waals surface area (Å²) in [6, 6.07) is 8.16. The van der Waals surface area contributed by atoms with Crippen LogP contribution in [-0.4, -0.2) is 39.3 Å². The summed E-state index contributed by atoms with van der Waals surface area (Å²) >= 11 is 0. The molecule has 22 heavy (non-hydrogen) atoms. The van der Waals surface area contributed by atoms with Crippen molar-refractivity contribution in [2.45, 2.75) is 32.2 Å². The van der Waals surface area contributed by atoms with Gasteiger partial charge < -0.3 is 10.1 Å². The summed E-state index contributed by atoms with van der Waals surface area (Å²) in [4.78, 5) is 11.6. The molecular formula is C15H19N5O2. The maximum absolute atomic E-state index is 11.6. The molecule has 1 aromatic carbocycles. The molecule has 0 spiro atoms. The Hall–Kier alpha value is -2.44. The van der Waals surface area contributed by atoms with Gasteiger partial charge >= 0.3 is 5.97 Å². The highest BCUT2D eigenvalue weighted by Crippen LogP contribution is 2.28. The Morgan fingerprint density at radius 2 is 2.09 bits per heavy atom. The third-order valence-corrected chi connectivity index (χ3v) is 4.05. The van der Waals surface area contributed by atoms with Crippen LogP contribution in [-0.2, 0) is 9.53 Å². The molecule has 116 valence electrons. The number of hydrogen-bond acceptors (Lipinski definition) is 6. The summed E-state index contributed by atoms with van der Waals surface area (Å²) < 4.78 is 6.48. The van der Waals surface area contributed by atoms with E-state index in [2.05, 4.69) is 20.8 Å². The molecule has 0 amide bonds. The van der Waals surface area contributed by atoms with E-state index in [1.54, 1.807) is 4.68 Å². The monoisotopic (exact) mass is 301 g/mol. The average Bonchev–Trinajstić information content (AvgIpc) is 3.17. The molecule has 1 aliphatic carbocycles. The molecule has 0 unspecified atom stereocenters. The molecule has 1 heterocycles. The lowest BCUT2D eigenvalue weighted by Gasteiger charge is -2.13. The smallest absolute Gasteiger partial charge is 0.308 e. The Bertz CT molecular complexity index is 652. The quantitative estimate of drug-likeness (QED) is 0.866. The molecule has 0 aliphatic heterocycles. The number of carbonyl (C=O) groups excluding carboxylic acids is 1. The van der Waals surface area contributed by atoms with E-state index < -0.39 is 0 Å². The summed E-state index contributed by atoms with van der Waals surface area (Å²) in [6.07, 6.45) is 2.48. The Kier molecular flexibility index (Phi) is 4.04. The van der Waals surface area contributed by atoms with E-state index in [9.17, 15) is 4.79 Å². The van der Waals surface area contributed by atoms with Crippen molar-refractivity contribution in [3.05, 3.63) is 29.8 Å². The third-order valence-electron chi connectivity index (χ3n) is 4.05. The fraction of sp³-hybridized carbons (Fsp3) is 0.467. The zero-order chi connectivity index (χ0) is 15.5. The van der Waals surface area contributed by atoms with Gasteiger partial charge in [-0.1, -0.05) is 22.8 Å². The van der Waals surface area contributed by atoms with Gasteiger partial charge in [-0.25, -0.2) is 0 Å². The fourth-order valence-corrected chi connectivity index (χ4v) is 2.81. The molecule has 3 rings (SSSR count). The minimum absolute atomic E-state index is 0.0359. The number of aromatic nitrogens is 4. The van der Waals surface area contributed by atoms with Gasteiger partial charge in [0.15, 0.2) is 0 Å². The van der Waals surface area contributed by atoms with Gasteiger partial charge in [-0.05, 0) is 48.7 Å². The SMILES string of the molecule is COC(=O)[C@H]1CC[C@@H](Nc2nnnn2-c2ccc(C)cc2)C1. The molecule has 1 saturated carbocycles. The second-order valence-electron chi connectivity index (χ2n) is 5.62. The standard InChI is InChI=1S/C15H19N5O2/c1-10-3-7-13(8-4-10)20-15(17-18-19-20)16-12-6-5-11(9-12)14(21)22-2/h3-4,7-8,11-12H,5-6,9H2,1-2H3,(H,16,17,19)/t11-,12+/m0/s1. The van der Waals surface area contributed by atoms with Crippen LogP contribution in [0.25, 0.3) is 5.69 Å². The number of aryl methyl sites for hydroxylation is 1. The van der Waals surface area contributed by atoms with E-state index in [1.165, 1.54) is 12.7 Å². The molecule has 1 aromatic heterocycles. The van der Waals surface area contributed by atoms with Crippen LogP contribution in [0.2, 0.25) is 0 Å². The molecule has 1 fully saturated rings. The van der Waals surface area contributed by atoms with Crippen LogP contribution in [0.4, 0.5) is 5.95 Å². The molecule has 2 atom stereocenters. The number of nitrogens with one attached hydrogen (secondary N) is 1. The van der Waals surface area contributed by atoms with Crippen LogP contribution in [0.1, 0.15) is 24.8 Å². The van der Waals surface area contributed by atoms with Gasteiger partial charge in [0, 0.05) is 6.04 Å². The van der Waals surface area contributed by atoms with Crippen molar-refractivity contribution in [3.63, 3.8) is 0 Å². The minimum atomic E-state index is -0.137. The van der Waals surface area contributed by atoms with Crippen LogP contribution in [0.5, 0.6) is 0 Å². The highest BCUT2D eigenvalue weighted by molar-refractivity contribution is 5.72. The van der Waals surface area contributed by atoms with E-state index in [4.69, 9.17) is 4.74 Å². The van der Waals surface area contributed by atoms with Crippen molar-refractivity contribution in [3.8, 4) is 5.69 Å². The lowest BCUT2D eigenvalue weighted by molar-refractivity contribution is -0.145. The number of esters is 1. The second kappa shape index (κ2) is 6.13. The van der Waals surface area contributed by atoms with Crippen LogP contribution in [0.15, 0.2) is 24.3 Å². The molecule has 1 N–H and O–H groups in total. The Labute approximate surface area is 128 Å². The Balaban J connectivity index is 1.71. The van der Waals surface area contributed by atoms with Crippen LogP contribution in [0, 0.1) is 12.8 Å². The van der Waals surface area contributed by atoms with E-state index in [1.807, 2.05) is 31.2 Å². The topological polar surface area (TPSA) is 81.9 Å². The molecule has 2 aromatic rings. The molecule has 7 nitrogen and oxygen atoms in total. The first kappa shape index (κ1) is 14.5. The summed E-state index contributed by atoms with van der Waals surface area (Å²) in [5, 5.41) is 15.1. The van der Waals surface area contributed by atoms with Crippen molar-refractivity contribution in [2.75, 3.05) is 12.4 Å². The normalized spacial score (nSPS) is 20.8. The molecular weight excluding hydrogens is 282 g/mol. The minimum Gasteiger partial charge on any atom is -0.469 e. The molecule has 0 saturated heterocycles. The van der Waals surface area contributed by atoms with Crippen molar-refractivity contribution >= 4 is 11.9 Å². The van der Waals surface area contributed by atoms with Crippen LogP contribution in [0.3, 0.4) is 0 Å². The summed E-state index contributed by atoms with van der Waals surface area (Å²) in [5.74, 6) is 0.424. The highest BCUT2D eigenvalue weighted by atomic mass is 16.5. The van der Waals surface area contributed by atoms with Gasteiger partial charge in [-0.2, -0.15) is 4.68 Å². The highest BCUT2D eigenvalue weighted by Gasteiger charge is 2.31. The number of benzene rings is 1. The summed E-state index contributed by atoms with van der Waals surface area (Å²) in [5.41, 5.74) is 2.09. The van der Waals surface area contributed by atoms with Gasteiger partial charge in [0.05, 0.1) is 18.7 Å². The number of tetrazole rings is 1.